The first-order chi connectivity index (χ1) is 23.3. The molecule has 9 rings (SSSR count). The third kappa shape index (κ3) is 5.05. The van der Waals surface area contributed by atoms with Crippen LogP contribution in [0.15, 0.2) is 164 Å². The topological polar surface area (TPSA) is 38.7 Å². The summed E-state index contributed by atoms with van der Waals surface area (Å²) in [4.78, 5) is 14.9. The van der Waals surface area contributed by atoms with Gasteiger partial charge in [0.1, 0.15) is 0 Å². The summed E-state index contributed by atoms with van der Waals surface area (Å²) < 4.78 is 2.91. The summed E-state index contributed by atoms with van der Waals surface area (Å²) in [5.74, 6) is 1.99. The molecule has 7 aromatic carbocycles. The van der Waals surface area contributed by atoms with Gasteiger partial charge in [0.05, 0.1) is 0 Å². The van der Waals surface area contributed by atoms with Crippen molar-refractivity contribution in [2.75, 3.05) is 0 Å². The summed E-state index contributed by atoms with van der Waals surface area (Å²) >= 11 is 0.257. The van der Waals surface area contributed by atoms with Crippen molar-refractivity contribution in [2.24, 2.45) is 0 Å². The minimum Gasteiger partial charge on any atom is -0.0615 e. The van der Waals surface area contributed by atoms with Crippen molar-refractivity contribution >= 4 is 44.6 Å². The summed E-state index contributed by atoms with van der Waals surface area (Å²) in [7, 11) is 0. The molecule has 0 atom stereocenters. The fourth-order valence-corrected chi connectivity index (χ4v) is 8.97. The molecule has 0 aliphatic carbocycles. The zero-order chi connectivity index (χ0) is 31.2. The van der Waals surface area contributed by atoms with Gasteiger partial charge in [0, 0.05) is 0 Å². The molecule has 0 bridgehead atoms. The quantitative estimate of drug-likeness (QED) is 0.172. The smallest absolute Gasteiger partial charge is 0.0512 e. The van der Waals surface area contributed by atoms with E-state index in [1.807, 2.05) is 60.7 Å². The van der Waals surface area contributed by atoms with Gasteiger partial charge in [-0.1, -0.05) is 60.7 Å². The first-order valence-corrected chi connectivity index (χ1v) is 17.4. The number of aromatic nitrogens is 3. The zero-order valence-corrected chi connectivity index (χ0v) is 27.1. The number of fused-ring (bicyclic) bond motifs is 4. The summed E-state index contributed by atoms with van der Waals surface area (Å²) in [5.41, 5.74) is 7.93. The van der Waals surface area contributed by atoms with Crippen LogP contribution in [0.4, 0.5) is 0 Å². The van der Waals surface area contributed by atoms with Gasteiger partial charge in [-0.3, -0.25) is 0 Å². The molecule has 0 saturated carbocycles. The Morgan fingerprint density at radius 1 is 0.340 bits per heavy atom. The maximum absolute atomic E-state index is 4.99. The fourth-order valence-electron chi connectivity index (χ4n) is 6.41. The Hall–Kier alpha value is -5.67. The van der Waals surface area contributed by atoms with Crippen LogP contribution in [0.3, 0.4) is 0 Å². The molecule has 3 nitrogen and oxygen atoms in total. The second-order valence-electron chi connectivity index (χ2n) is 11.6. The maximum Gasteiger partial charge on any atom is -0.0512 e. The molecular formula is C43H27N3Se. The van der Waals surface area contributed by atoms with Crippen molar-refractivity contribution in [3.05, 3.63) is 164 Å². The second-order valence-corrected chi connectivity index (χ2v) is 13.8. The Morgan fingerprint density at radius 3 is 1.57 bits per heavy atom. The third-order valence-electron chi connectivity index (χ3n) is 8.73. The summed E-state index contributed by atoms with van der Waals surface area (Å²) in [6.07, 6.45) is 0. The van der Waals surface area contributed by atoms with E-state index >= 15 is 0 Å². The Kier molecular flexibility index (Phi) is 6.82. The van der Waals surface area contributed by atoms with Gasteiger partial charge in [0.25, 0.3) is 0 Å². The summed E-state index contributed by atoms with van der Waals surface area (Å²) in [6, 6.07) is 57.9. The molecule has 4 heteroatoms. The van der Waals surface area contributed by atoms with E-state index in [0.29, 0.717) is 17.5 Å². The first-order valence-electron chi connectivity index (χ1n) is 15.7. The van der Waals surface area contributed by atoms with Gasteiger partial charge in [-0.2, -0.15) is 0 Å². The van der Waals surface area contributed by atoms with Crippen LogP contribution in [0.2, 0.25) is 0 Å². The van der Waals surface area contributed by atoms with E-state index in [-0.39, 0.29) is 14.5 Å². The Balaban J connectivity index is 1.20. The summed E-state index contributed by atoms with van der Waals surface area (Å²) in [6.45, 7) is 0. The molecular weight excluding hydrogens is 637 g/mol. The van der Waals surface area contributed by atoms with E-state index in [0.717, 1.165) is 16.7 Å². The third-order valence-corrected chi connectivity index (χ3v) is 11.3. The Labute approximate surface area is 278 Å². The molecule has 0 N–H and O–H groups in total. The van der Waals surface area contributed by atoms with Gasteiger partial charge >= 0.3 is 219 Å². The van der Waals surface area contributed by atoms with Crippen LogP contribution in [-0.4, -0.2) is 29.5 Å². The van der Waals surface area contributed by atoms with Crippen molar-refractivity contribution in [1.29, 1.82) is 0 Å². The fraction of sp³-hybridized carbons (Fsp3) is 0. The number of hydrogen-bond donors (Lipinski definition) is 0. The summed E-state index contributed by atoms with van der Waals surface area (Å²) in [5, 5.41) is 5.06. The van der Waals surface area contributed by atoms with Gasteiger partial charge in [0.15, 0.2) is 0 Å². The Morgan fingerprint density at radius 2 is 0.894 bits per heavy atom. The van der Waals surface area contributed by atoms with Crippen LogP contribution in [0.5, 0.6) is 0 Å². The van der Waals surface area contributed by atoms with Crippen molar-refractivity contribution in [1.82, 2.24) is 15.0 Å². The van der Waals surface area contributed by atoms with Crippen LogP contribution < -0.4 is 0 Å². The van der Waals surface area contributed by atoms with Crippen molar-refractivity contribution in [3.63, 3.8) is 0 Å². The largest absolute Gasteiger partial charge is 0.0615 e. The first kappa shape index (κ1) is 27.6. The van der Waals surface area contributed by atoms with Crippen LogP contribution >= 0.6 is 0 Å². The average Bonchev–Trinajstić information content (AvgIpc) is 3.53. The molecule has 0 saturated heterocycles. The van der Waals surface area contributed by atoms with E-state index in [4.69, 9.17) is 15.0 Å². The maximum atomic E-state index is 4.99. The molecule has 0 unspecified atom stereocenters. The molecule has 47 heavy (non-hydrogen) atoms. The predicted molar refractivity (Wildman–Crippen MR) is 196 cm³/mol. The number of hydrogen-bond acceptors (Lipinski definition) is 3. The van der Waals surface area contributed by atoms with Crippen LogP contribution in [0.1, 0.15) is 0 Å². The molecule has 220 valence electrons. The standard InChI is InChI=1S/C43H27N3Se/c1-4-12-28(13-5-1)35-20-11-21-36-38-26-32(24-25-39(38)47-40(35)36)34-19-10-18-29-22-23-33(27-37(29)34)43-45-41(30-14-6-2-7-15-30)44-42(46-43)31-16-8-3-9-17-31/h1-27H. The molecule has 0 aliphatic rings. The monoisotopic (exact) mass is 665 g/mol. The number of nitrogens with zero attached hydrogens (tertiary/aromatic N) is 3. The SMILES string of the molecule is c1ccc(-c2nc(-c3ccccc3)nc(-c3ccc4cccc(-c5ccc6[se]c7c(-c8ccccc8)cccc7c6c5)c4c3)n2)cc1. The molecule has 9 aromatic rings. The van der Waals surface area contributed by atoms with Gasteiger partial charge in [-0.05, 0) is 0 Å². The minimum atomic E-state index is 0.257. The number of rotatable bonds is 5. The van der Waals surface area contributed by atoms with E-state index < -0.39 is 0 Å². The zero-order valence-electron chi connectivity index (χ0n) is 25.3. The molecule has 0 radical (unpaired) electrons. The molecule has 2 aromatic heterocycles. The number of benzene rings is 7. The van der Waals surface area contributed by atoms with Crippen LogP contribution in [-0.2, 0) is 0 Å². The van der Waals surface area contributed by atoms with E-state index in [1.54, 1.807) is 0 Å². The van der Waals surface area contributed by atoms with E-state index in [2.05, 4.69) is 103 Å². The normalized spacial score (nSPS) is 11.4. The van der Waals surface area contributed by atoms with Crippen molar-refractivity contribution in [3.8, 4) is 56.4 Å². The van der Waals surface area contributed by atoms with Gasteiger partial charge < -0.3 is 0 Å². The minimum absolute atomic E-state index is 0.257. The van der Waals surface area contributed by atoms with E-state index in [9.17, 15) is 0 Å². The van der Waals surface area contributed by atoms with Crippen LogP contribution in [0, 0.1) is 0 Å². The molecule has 0 amide bonds. The van der Waals surface area contributed by atoms with Gasteiger partial charge in [0.2, 0.25) is 0 Å². The molecule has 2 heterocycles. The van der Waals surface area contributed by atoms with Crippen LogP contribution in [0.25, 0.3) is 86.5 Å². The molecule has 0 spiro atoms. The van der Waals surface area contributed by atoms with Crippen molar-refractivity contribution in [2.45, 2.75) is 0 Å². The predicted octanol–water partition coefficient (Wildman–Crippen LogP) is 10.7. The molecule has 0 aliphatic heterocycles. The van der Waals surface area contributed by atoms with E-state index in [1.165, 1.54) is 52.3 Å². The van der Waals surface area contributed by atoms with Gasteiger partial charge in [-0.15, -0.1) is 0 Å². The van der Waals surface area contributed by atoms with Gasteiger partial charge in [-0.25, -0.2) is 0 Å². The van der Waals surface area contributed by atoms with Crippen molar-refractivity contribution < 1.29 is 0 Å². The second kappa shape index (κ2) is 11.6. The Bertz CT molecular complexity index is 2500. The average molecular weight is 665 g/mol. The molecule has 0 fully saturated rings.